The maximum Gasteiger partial charge on any atom is 0.419 e. The third-order valence-electron chi connectivity index (χ3n) is 2.13. The second-order valence-corrected chi connectivity index (χ2v) is 3.06. The van der Waals surface area contributed by atoms with E-state index >= 15 is 0 Å². The van der Waals surface area contributed by atoms with E-state index in [1.165, 1.54) is 0 Å². The van der Waals surface area contributed by atoms with Gasteiger partial charge in [0.05, 0.1) is 5.52 Å². The Morgan fingerprint density at radius 1 is 1.43 bits per heavy atom. The molecule has 0 aliphatic heterocycles. The highest BCUT2D eigenvalue weighted by atomic mass is 16.4. The minimum absolute atomic E-state index is 0.298. The molecule has 3 nitrogen and oxygen atoms in total. The molecule has 1 heterocycles. The number of allylic oxidation sites excluding steroid dienone is 1. The Labute approximate surface area is 81.3 Å². The van der Waals surface area contributed by atoms with Crippen molar-refractivity contribution in [1.29, 1.82) is 0 Å². The molecule has 0 aliphatic rings. The first-order valence-corrected chi connectivity index (χ1v) is 4.52. The van der Waals surface area contributed by atoms with E-state index in [0.29, 0.717) is 12.1 Å². The van der Waals surface area contributed by atoms with Crippen molar-refractivity contribution in [1.82, 2.24) is 4.57 Å². The Kier molecular flexibility index (Phi) is 2.23. The number of benzene rings is 1. The normalized spacial score (nSPS) is 10.6. The van der Waals surface area contributed by atoms with Crippen LogP contribution in [0.1, 0.15) is 6.42 Å². The Morgan fingerprint density at radius 3 is 3.00 bits per heavy atom. The van der Waals surface area contributed by atoms with Gasteiger partial charge in [0, 0.05) is 6.54 Å². The molecule has 3 heteroatoms. The van der Waals surface area contributed by atoms with Crippen molar-refractivity contribution in [2.24, 2.45) is 0 Å². The summed E-state index contributed by atoms with van der Waals surface area (Å²) in [6.07, 6.45) is 2.55. The largest absolute Gasteiger partial charge is 0.419 e. The SMILES string of the molecule is C=CCCn1c(=O)oc2ccccc21. The summed E-state index contributed by atoms with van der Waals surface area (Å²) in [4.78, 5) is 11.4. The molecule has 0 bridgehead atoms. The minimum atomic E-state index is -0.298. The van der Waals surface area contributed by atoms with Crippen LogP contribution >= 0.6 is 0 Å². The van der Waals surface area contributed by atoms with Gasteiger partial charge in [-0.05, 0) is 18.6 Å². The number of aromatic nitrogens is 1. The van der Waals surface area contributed by atoms with Gasteiger partial charge < -0.3 is 4.42 Å². The van der Waals surface area contributed by atoms with E-state index in [0.717, 1.165) is 11.9 Å². The highest BCUT2D eigenvalue weighted by Crippen LogP contribution is 2.11. The summed E-state index contributed by atoms with van der Waals surface area (Å²) in [6.45, 7) is 4.25. The van der Waals surface area contributed by atoms with Crippen molar-refractivity contribution in [2.75, 3.05) is 0 Å². The van der Waals surface area contributed by atoms with Gasteiger partial charge in [0.1, 0.15) is 0 Å². The number of oxazole rings is 1. The summed E-state index contributed by atoms with van der Waals surface area (Å²) in [7, 11) is 0. The summed E-state index contributed by atoms with van der Waals surface area (Å²) >= 11 is 0. The standard InChI is InChI=1S/C11H11NO2/c1-2-3-8-12-9-6-4-5-7-10(9)14-11(12)13/h2,4-7H,1,3,8H2. The zero-order valence-corrected chi connectivity index (χ0v) is 7.77. The van der Waals surface area contributed by atoms with Crippen molar-refractivity contribution in [2.45, 2.75) is 13.0 Å². The van der Waals surface area contributed by atoms with Crippen LogP contribution in [0.5, 0.6) is 0 Å². The van der Waals surface area contributed by atoms with Gasteiger partial charge in [0.25, 0.3) is 0 Å². The van der Waals surface area contributed by atoms with Crippen molar-refractivity contribution in [3.63, 3.8) is 0 Å². The molecule has 0 radical (unpaired) electrons. The fourth-order valence-corrected chi connectivity index (χ4v) is 1.45. The Hall–Kier alpha value is -1.77. The molecule has 0 atom stereocenters. The first-order valence-electron chi connectivity index (χ1n) is 4.52. The van der Waals surface area contributed by atoms with E-state index in [9.17, 15) is 4.79 Å². The van der Waals surface area contributed by atoms with Gasteiger partial charge in [0.2, 0.25) is 0 Å². The van der Waals surface area contributed by atoms with E-state index in [4.69, 9.17) is 4.42 Å². The van der Waals surface area contributed by atoms with E-state index in [1.54, 1.807) is 16.7 Å². The summed E-state index contributed by atoms with van der Waals surface area (Å²) in [6, 6.07) is 7.41. The molecule has 14 heavy (non-hydrogen) atoms. The third-order valence-corrected chi connectivity index (χ3v) is 2.13. The fourth-order valence-electron chi connectivity index (χ4n) is 1.45. The lowest BCUT2D eigenvalue weighted by Crippen LogP contribution is -2.13. The summed E-state index contributed by atoms with van der Waals surface area (Å²) in [5.41, 5.74) is 1.49. The number of para-hydroxylation sites is 2. The molecule has 0 saturated carbocycles. The first-order chi connectivity index (χ1) is 6.83. The van der Waals surface area contributed by atoms with Gasteiger partial charge in [-0.3, -0.25) is 4.57 Å². The average Bonchev–Trinajstić information content (AvgIpc) is 2.51. The first kappa shape index (κ1) is 8.81. The topological polar surface area (TPSA) is 35.1 Å². The molecular formula is C11H11NO2. The lowest BCUT2D eigenvalue weighted by atomic mass is 10.3. The maximum absolute atomic E-state index is 11.4. The monoisotopic (exact) mass is 189 g/mol. The number of rotatable bonds is 3. The van der Waals surface area contributed by atoms with Gasteiger partial charge in [-0.1, -0.05) is 18.2 Å². The van der Waals surface area contributed by atoms with Gasteiger partial charge in [-0.15, -0.1) is 6.58 Å². The number of hydrogen-bond donors (Lipinski definition) is 0. The van der Waals surface area contributed by atoms with Crippen LogP contribution in [0.4, 0.5) is 0 Å². The number of hydrogen-bond acceptors (Lipinski definition) is 2. The van der Waals surface area contributed by atoms with Gasteiger partial charge in [0.15, 0.2) is 5.58 Å². The molecule has 0 unspecified atom stereocenters. The zero-order chi connectivity index (χ0) is 9.97. The third kappa shape index (κ3) is 1.37. The number of fused-ring (bicyclic) bond motifs is 1. The van der Waals surface area contributed by atoms with Crippen LogP contribution in [0.25, 0.3) is 11.1 Å². The molecule has 72 valence electrons. The van der Waals surface area contributed by atoms with Crippen LogP contribution < -0.4 is 5.76 Å². The second-order valence-electron chi connectivity index (χ2n) is 3.06. The van der Waals surface area contributed by atoms with Crippen LogP contribution in [0.2, 0.25) is 0 Å². The molecule has 1 aromatic carbocycles. The zero-order valence-electron chi connectivity index (χ0n) is 7.77. The molecule has 0 amide bonds. The van der Waals surface area contributed by atoms with E-state index in [1.807, 2.05) is 18.2 Å². The maximum atomic E-state index is 11.4. The van der Waals surface area contributed by atoms with E-state index in [2.05, 4.69) is 6.58 Å². The van der Waals surface area contributed by atoms with Crippen LogP contribution in [-0.2, 0) is 6.54 Å². The van der Waals surface area contributed by atoms with Gasteiger partial charge >= 0.3 is 5.76 Å². The second kappa shape index (κ2) is 3.54. The molecule has 2 rings (SSSR count). The van der Waals surface area contributed by atoms with E-state index < -0.39 is 0 Å². The smallest absolute Gasteiger partial charge is 0.408 e. The molecule has 0 fully saturated rings. The van der Waals surface area contributed by atoms with Crippen molar-refractivity contribution >= 4 is 11.1 Å². The Balaban J connectivity index is 2.56. The summed E-state index contributed by atoms with van der Waals surface area (Å²) in [5, 5.41) is 0. The molecule has 2 aromatic rings. The fraction of sp³-hybridized carbons (Fsp3) is 0.182. The van der Waals surface area contributed by atoms with Crippen LogP contribution in [0, 0.1) is 0 Å². The molecule has 0 N–H and O–H groups in total. The van der Waals surface area contributed by atoms with Crippen molar-refractivity contribution in [3.05, 3.63) is 47.5 Å². The average molecular weight is 189 g/mol. The van der Waals surface area contributed by atoms with E-state index in [-0.39, 0.29) is 5.76 Å². The van der Waals surface area contributed by atoms with Gasteiger partial charge in [-0.25, -0.2) is 4.79 Å². The quantitative estimate of drug-likeness (QED) is 0.693. The van der Waals surface area contributed by atoms with Crippen LogP contribution in [0.15, 0.2) is 46.1 Å². The predicted molar refractivity (Wildman–Crippen MR) is 55.3 cm³/mol. The predicted octanol–water partition coefficient (Wildman–Crippen LogP) is 2.17. The lowest BCUT2D eigenvalue weighted by Gasteiger charge is -1.97. The molecule has 0 aliphatic carbocycles. The molecule has 0 spiro atoms. The highest BCUT2D eigenvalue weighted by Gasteiger charge is 2.06. The minimum Gasteiger partial charge on any atom is -0.408 e. The van der Waals surface area contributed by atoms with Crippen LogP contribution in [0.3, 0.4) is 0 Å². The van der Waals surface area contributed by atoms with Crippen molar-refractivity contribution in [3.8, 4) is 0 Å². The lowest BCUT2D eigenvalue weighted by molar-refractivity contribution is 0.507. The molecule has 0 saturated heterocycles. The Morgan fingerprint density at radius 2 is 2.21 bits per heavy atom. The highest BCUT2D eigenvalue weighted by molar-refractivity contribution is 5.72. The molecular weight excluding hydrogens is 178 g/mol. The Bertz CT molecular complexity index is 507. The molecule has 1 aromatic heterocycles. The van der Waals surface area contributed by atoms with Crippen molar-refractivity contribution < 1.29 is 4.42 Å². The summed E-state index contributed by atoms with van der Waals surface area (Å²) < 4.78 is 6.69. The summed E-state index contributed by atoms with van der Waals surface area (Å²) in [5.74, 6) is -0.298. The number of aryl methyl sites for hydroxylation is 1. The van der Waals surface area contributed by atoms with Crippen LogP contribution in [-0.4, -0.2) is 4.57 Å². The number of nitrogens with zero attached hydrogens (tertiary/aromatic N) is 1. The van der Waals surface area contributed by atoms with Gasteiger partial charge in [-0.2, -0.15) is 0 Å².